The second-order valence-electron chi connectivity index (χ2n) is 10.3. The van der Waals surface area contributed by atoms with Gasteiger partial charge in [0.25, 0.3) is 5.91 Å². The minimum atomic E-state index is -0.0678. The van der Waals surface area contributed by atoms with Crippen LogP contribution in [0.2, 0.25) is 0 Å². The number of nitrogens with zero attached hydrogens (tertiary/aromatic N) is 2. The molecule has 1 heterocycles. The minimum absolute atomic E-state index is 0.0678. The molecule has 3 aromatic rings. The van der Waals surface area contributed by atoms with Gasteiger partial charge in [-0.2, -0.15) is 5.10 Å². The van der Waals surface area contributed by atoms with Gasteiger partial charge in [0.05, 0.1) is 6.20 Å². The van der Waals surface area contributed by atoms with Crippen LogP contribution in [0, 0.1) is 23.7 Å². The van der Waals surface area contributed by atoms with Crippen LogP contribution in [0.25, 0.3) is 0 Å². The Balaban J connectivity index is 1.12. The molecule has 4 aliphatic rings. The summed E-state index contributed by atoms with van der Waals surface area (Å²) in [5.41, 5.74) is 1.47. The van der Waals surface area contributed by atoms with Crippen LogP contribution >= 0.6 is 0 Å². The van der Waals surface area contributed by atoms with E-state index in [1.807, 2.05) is 61.6 Å². The van der Waals surface area contributed by atoms with Crippen LogP contribution in [-0.4, -0.2) is 21.7 Å². The molecule has 0 aliphatic heterocycles. The number of para-hydroxylation sites is 1. The van der Waals surface area contributed by atoms with Gasteiger partial charge in [0.15, 0.2) is 0 Å². The van der Waals surface area contributed by atoms with E-state index in [1.165, 1.54) is 32.1 Å². The van der Waals surface area contributed by atoms with Gasteiger partial charge in [0.2, 0.25) is 5.88 Å². The van der Waals surface area contributed by atoms with Gasteiger partial charge < -0.3 is 14.8 Å². The van der Waals surface area contributed by atoms with Gasteiger partial charge in [0, 0.05) is 13.1 Å². The Kier molecular flexibility index (Phi) is 5.52. The third kappa shape index (κ3) is 4.17. The zero-order valence-corrected chi connectivity index (χ0v) is 19.5. The van der Waals surface area contributed by atoms with Crippen LogP contribution < -0.4 is 14.8 Å². The first-order valence-electron chi connectivity index (χ1n) is 12.4. The van der Waals surface area contributed by atoms with Crippen molar-refractivity contribution < 1.29 is 14.3 Å². The molecule has 34 heavy (non-hydrogen) atoms. The van der Waals surface area contributed by atoms with Gasteiger partial charge in [0.1, 0.15) is 23.7 Å². The van der Waals surface area contributed by atoms with E-state index in [9.17, 15) is 4.79 Å². The smallest absolute Gasteiger partial charge is 0.258 e. The van der Waals surface area contributed by atoms with Crippen LogP contribution in [0.4, 0.5) is 0 Å². The molecule has 7 rings (SSSR count). The number of nitrogens with one attached hydrogen (secondary N) is 1. The average molecular weight is 458 g/mol. The predicted octanol–water partition coefficient (Wildman–Crippen LogP) is 5.35. The maximum Gasteiger partial charge on any atom is 0.258 e. The molecule has 6 nitrogen and oxygen atoms in total. The Morgan fingerprint density at radius 1 is 0.971 bits per heavy atom. The van der Waals surface area contributed by atoms with E-state index in [1.54, 1.807) is 10.9 Å². The number of carbonyl (C=O) groups is 1. The monoisotopic (exact) mass is 457 g/mol. The Morgan fingerprint density at radius 3 is 2.41 bits per heavy atom. The number of hydrogen-bond donors (Lipinski definition) is 1. The third-order valence-corrected chi connectivity index (χ3v) is 7.91. The number of aromatic nitrogens is 2. The fraction of sp³-hybridized carbons (Fsp3) is 0.429. The van der Waals surface area contributed by atoms with Crippen molar-refractivity contribution in [1.82, 2.24) is 15.1 Å². The van der Waals surface area contributed by atoms with E-state index in [4.69, 9.17) is 9.47 Å². The van der Waals surface area contributed by atoms with Gasteiger partial charge in [-0.1, -0.05) is 30.3 Å². The van der Waals surface area contributed by atoms with Gasteiger partial charge in [-0.3, -0.25) is 4.79 Å². The number of rotatable bonds is 7. The Hall–Kier alpha value is -3.28. The first kappa shape index (κ1) is 21.3. The van der Waals surface area contributed by atoms with Gasteiger partial charge in [-0.15, -0.1) is 0 Å². The Morgan fingerprint density at radius 2 is 1.68 bits per heavy atom. The minimum Gasteiger partial charge on any atom is -0.472 e. The summed E-state index contributed by atoms with van der Waals surface area (Å²) in [4.78, 5) is 13.3. The van der Waals surface area contributed by atoms with Crippen molar-refractivity contribution in [2.45, 2.75) is 44.8 Å². The molecule has 0 unspecified atom stereocenters. The second kappa shape index (κ2) is 8.82. The van der Waals surface area contributed by atoms with E-state index in [0.717, 1.165) is 28.9 Å². The van der Waals surface area contributed by atoms with Gasteiger partial charge >= 0.3 is 0 Å². The molecule has 4 aliphatic carbocycles. The molecule has 1 amide bonds. The molecular formula is C28H31N3O3. The average Bonchev–Trinajstić information content (AvgIpc) is 3.21. The lowest BCUT2D eigenvalue weighted by atomic mass is 9.54. The molecule has 0 spiro atoms. The lowest BCUT2D eigenvalue weighted by molar-refractivity contribution is -0.0120. The van der Waals surface area contributed by atoms with Crippen LogP contribution in [0.1, 0.15) is 48.0 Å². The molecule has 6 heteroatoms. The highest BCUT2D eigenvalue weighted by molar-refractivity contribution is 5.96. The maximum atomic E-state index is 13.3. The number of amides is 1. The highest BCUT2D eigenvalue weighted by Crippen LogP contribution is 2.53. The summed E-state index contributed by atoms with van der Waals surface area (Å²) in [6, 6.07) is 17.8. The summed E-state index contributed by atoms with van der Waals surface area (Å²) in [6.07, 6.45) is 8.12. The van der Waals surface area contributed by atoms with E-state index in [2.05, 4.69) is 10.4 Å². The second-order valence-corrected chi connectivity index (χ2v) is 10.3. The van der Waals surface area contributed by atoms with Crippen LogP contribution in [-0.2, 0) is 13.7 Å². The molecule has 4 fully saturated rings. The summed E-state index contributed by atoms with van der Waals surface area (Å²) in [6.45, 7) is 0.323. The Labute approximate surface area is 200 Å². The van der Waals surface area contributed by atoms with Crippen LogP contribution in [0.15, 0.2) is 60.8 Å². The standard InChI is InChI=1S/C28H31N3O3/c1-31-28(33-17-18-6-5-9-24(15-18)34-23-7-3-2-4-8-23)25(16-29-31)27(32)30-26-21-11-19-10-20(13-21)14-22(26)12-19/h2-9,15-16,19-22,26H,10-14,17H2,1H3,(H,30,32). The number of benzene rings is 2. The first-order valence-corrected chi connectivity index (χ1v) is 12.4. The van der Waals surface area contributed by atoms with E-state index < -0.39 is 0 Å². The van der Waals surface area contributed by atoms with E-state index in [-0.39, 0.29) is 5.91 Å². The molecule has 0 saturated heterocycles. The lowest BCUT2D eigenvalue weighted by Gasteiger charge is -2.54. The first-order chi connectivity index (χ1) is 16.6. The maximum absolute atomic E-state index is 13.3. The number of ether oxygens (including phenoxy) is 2. The molecule has 2 aromatic carbocycles. The number of carbonyl (C=O) groups excluding carboxylic acids is 1. The molecule has 176 valence electrons. The zero-order valence-electron chi connectivity index (χ0n) is 19.5. The van der Waals surface area contributed by atoms with E-state index in [0.29, 0.717) is 35.9 Å². The third-order valence-electron chi connectivity index (χ3n) is 7.91. The fourth-order valence-corrected chi connectivity index (χ4v) is 6.62. The SMILES string of the molecule is Cn1ncc(C(=O)NC2C3CC4CC(C3)CC2C4)c1OCc1cccc(Oc2ccccc2)c1. The van der Waals surface area contributed by atoms with Crippen molar-refractivity contribution in [3.63, 3.8) is 0 Å². The normalized spacial score (nSPS) is 26.9. The number of hydrogen-bond acceptors (Lipinski definition) is 4. The van der Waals surface area contributed by atoms with Gasteiger partial charge in [-0.05, 0) is 85.6 Å². The van der Waals surface area contributed by atoms with E-state index >= 15 is 0 Å². The molecule has 1 aromatic heterocycles. The van der Waals surface area contributed by atoms with Gasteiger partial charge in [-0.25, -0.2) is 4.68 Å². The highest BCUT2D eigenvalue weighted by atomic mass is 16.5. The summed E-state index contributed by atoms with van der Waals surface area (Å²) in [7, 11) is 1.81. The molecule has 4 saturated carbocycles. The number of aryl methyl sites for hydroxylation is 1. The zero-order chi connectivity index (χ0) is 23.1. The predicted molar refractivity (Wildman–Crippen MR) is 129 cm³/mol. The molecular weight excluding hydrogens is 426 g/mol. The summed E-state index contributed by atoms with van der Waals surface area (Å²) in [5, 5.41) is 7.69. The molecule has 0 atom stereocenters. The van der Waals surface area contributed by atoms with Crippen LogP contribution in [0.3, 0.4) is 0 Å². The van der Waals surface area contributed by atoms with Crippen molar-refractivity contribution in [1.29, 1.82) is 0 Å². The van der Waals surface area contributed by atoms with Crippen molar-refractivity contribution >= 4 is 5.91 Å². The van der Waals surface area contributed by atoms with Crippen molar-refractivity contribution in [3.05, 3.63) is 71.9 Å². The summed E-state index contributed by atoms with van der Waals surface area (Å²) < 4.78 is 13.7. The highest BCUT2D eigenvalue weighted by Gasteiger charge is 2.48. The van der Waals surface area contributed by atoms with Crippen LogP contribution in [0.5, 0.6) is 17.4 Å². The summed E-state index contributed by atoms with van der Waals surface area (Å²) >= 11 is 0. The largest absolute Gasteiger partial charge is 0.472 e. The van der Waals surface area contributed by atoms with Crippen molar-refractivity contribution in [2.75, 3.05) is 0 Å². The Bertz CT molecular complexity index is 1140. The molecule has 0 radical (unpaired) electrons. The molecule has 4 bridgehead atoms. The topological polar surface area (TPSA) is 65.4 Å². The van der Waals surface area contributed by atoms with Crippen molar-refractivity contribution in [2.24, 2.45) is 30.7 Å². The summed E-state index contributed by atoms with van der Waals surface area (Å²) in [5.74, 6) is 5.00. The van der Waals surface area contributed by atoms with Crippen molar-refractivity contribution in [3.8, 4) is 17.4 Å². The fourth-order valence-electron chi connectivity index (χ4n) is 6.62. The lowest BCUT2D eigenvalue weighted by Crippen LogP contribution is -2.55. The molecule has 1 N–H and O–H groups in total. The quantitative estimate of drug-likeness (QED) is 0.520.